The maximum atomic E-state index is 12.0. The summed E-state index contributed by atoms with van der Waals surface area (Å²) in [6.07, 6.45) is 8.92. The maximum absolute atomic E-state index is 12.0. The van der Waals surface area contributed by atoms with Gasteiger partial charge in [0.2, 0.25) is 11.8 Å². The highest BCUT2D eigenvalue weighted by molar-refractivity contribution is 5.82. The lowest BCUT2D eigenvalue weighted by Crippen LogP contribution is -2.38. The first kappa shape index (κ1) is 15.1. The number of primary amides is 1. The topological polar surface area (TPSA) is 81.2 Å². The van der Waals surface area contributed by atoms with E-state index >= 15 is 0 Å². The number of nitrogens with two attached hydrogens (primary N) is 1. The minimum Gasteiger partial charge on any atom is -0.370 e. The van der Waals surface area contributed by atoms with Gasteiger partial charge in [-0.3, -0.25) is 9.59 Å². The van der Waals surface area contributed by atoms with E-state index in [1.165, 1.54) is 18.7 Å². The fourth-order valence-corrected chi connectivity index (χ4v) is 3.19. The third-order valence-corrected chi connectivity index (χ3v) is 4.70. The molecule has 3 rings (SSSR count). The van der Waals surface area contributed by atoms with Crippen LogP contribution in [0.15, 0.2) is 12.4 Å². The van der Waals surface area contributed by atoms with E-state index in [1.807, 2.05) is 11.1 Å². The zero-order valence-corrected chi connectivity index (χ0v) is 12.9. The van der Waals surface area contributed by atoms with Crippen LogP contribution in [-0.2, 0) is 16.1 Å². The Morgan fingerprint density at radius 2 is 1.91 bits per heavy atom. The number of piperidine rings is 1. The number of likely N-dealkylation sites (tertiary alicyclic amines) is 1. The number of hydrogen-bond donors (Lipinski definition) is 1. The van der Waals surface area contributed by atoms with Crippen molar-refractivity contribution in [2.24, 2.45) is 11.7 Å². The van der Waals surface area contributed by atoms with Gasteiger partial charge in [-0.1, -0.05) is 0 Å². The number of amides is 2. The van der Waals surface area contributed by atoms with Crippen molar-refractivity contribution in [1.29, 1.82) is 0 Å². The zero-order chi connectivity index (χ0) is 15.5. The van der Waals surface area contributed by atoms with E-state index < -0.39 is 5.91 Å². The Kier molecular flexibility index (Phi) is 4.45. The number of carbonyl (C=O) groups is 2. The quantitative estimate of drug-likeness (QED) is 0.859. The summed E-state index contributed by atoms with van der Waals surface area (Å²) in [5.41, 5.74) is 5.10. The van der Waals surface area contributed by atoms with Crippen LogP contribution < -0.4 is 5.73 Å². The molecule has 2 amide bonds. The summed E-state index contributed by atoms with van der Waals surface area (Å²) in [6, 6.07) is 0. The van der Waals surface area contributed by atoms with Gasteiger partial charge >= 0.3 is 0 Å². The summed E-state index contributed by atoms with van der Waals surface area (Å²) in [5, 5.41) is 0. The lowest BCUT2D eigenvalue weighted by Gasteiger charge is -2.32. The van der Waals surface area contributed by atoms with E-state index in [9.17, 15) is 9.59 Å². The van der Waals surface area contributed by atoms with Crippen molar-refractivity contribution < 1.29 is 9.59 Å². The van der Waals surface area contributed by atoms with Crippen LogP contribution in [0.25, 0.3) is 0 Å². The van der Waals surface area contributed by atoms with Crippen LogP contribution in [0.4, 0.5) is 0 Å². The molecule has 2 fully saturated rings. The van der Waals surface area contributed by atoms with Gasteiger partial charge in [0.25, 0.3) is 0 Å². The molecule has 120 valence electrons. The van der Waals surface area contributed by atoms with E-state index in [4.69, 9.17) is 5.73 Å². The van der Waals surface area contributed by atoms with Crippen LogP contribution in [0, 0.1) is 5.92 Å². The van der Waals surface area contributed by atoms with Crippen LogP contribution in [0.2, 0.25) is 0 Å². The molecule has 0 atom stereocenters. The number of hydrogen-bond acceptors (Lipinski definition) is 3. The Balaban J connectivity index is 1.52. The number of aromatic nitrogens is 2. The molecule has 0 bridgehead atoms. The molecule has 1 aliphatic carbocycles. The maximum Gasteiger partial charge on any atom is 0.223 e. The van der Waals surface area contributed by atoms with Crippen molar-refractivity contribution >= 4 is 11.8 Å². The van der Waals surface area contributed by atoms with E-state index in [0.29, 0.717) is 5.92 Å². The normalized spacial score (nSPS) is 19.4. The number of nitrogens with zero attached hydrogens (tertiary/aromatic N) is 3. The first-order valence-corrected chi connectivity index (χ1v) is 8.20. The summed E-state index contributed by atoms with van der Waals surface area (Å²) < 4.78 is 2.30. The monoisotopic (exact) mass is 304 g/mol. The van der Waals surface area contributed by atoms with Gasteiger partial charge in [-0.25, -0.2) is 4.98 Å². The van der Waals surface area contributed by atoms with Gasteiger partial charge in [-0.05, 0) is 31.6 Å². The molecule has 1 aliphatic heterocycles. The van der Waals surface area contributed by atoms with Crippen molar-refractivity contribution in [1.82, 2.24) is 14.5 Å². The lowest BCUT2D eigenvalue weighted by molar-refractivity contribution is -0.134. The largest absolute Gasteiger partial charge is 0.370 e. The van der Waals surface area contributed by atoms with E-state index in [1.54, 1.807) is 0 Å². The van der Waals surface area contributed by atoms with Crippen LogP contribution >= 0.6 is 0 Å². The minimum absolute atomic E-state index is 0.0403. The second-order valence-corrected chi connectivity index (χ2v) is 6.50. The van der Waals surface area contributed by atoms with Crippen molar-refractivity contribution in [2.45, 2.75) is 51.0 Å². The average molecular weight is 304 g/mol. The molecule has 0 spiro atoms. The fraction of sp³-hybridized carbons (Fsp3) is 0.688. The van der Waals surface area contributed by atoms with Gasteiger partial charge in [-0.2, -0.15) is 0 Å². The Hall–Kier alpha value is -1.85. The second-order valence-electron chi connectivity index (χ2n) is 6.50. The Bertz CT molecular complexity index is 542. The standard InChI is InChI=1S/C16H24N4O2/c17-14(21)3-4-15(22)19-8-5-13(6-9-19)16-18-7-10-20(16)11-12-1-2-12/h7,10,12-13H,1-6,8-9,11H2,(H2,17,21). The highest BCUT2D eigenvalue weighted by Crippen LogP contribution is 2.33. The average Bonchev–Trinajstić information content (AvgIpc) is 3.21. The summed E-state index contributed by atoms with van der Waals surface area (Å²) in [7, 11) is 0. The van der Waals surface area contributed by atoms with Gasteiger partial charge in [0.1, 0.15) is 5.82 Å². The summed E-state index contributed by atoms with van der Waals surface area (Å²) >= 11 is 0. The summed E-state index contributed by atoms with van der Waals surface area (Å²) in [6.45, 7) is 2.59. The predicted molar refractivity (Wildman–Crippen MR) is 81.9 cm³/mol. The second kappa shape index (κ2) is 6.50. The predicted octanol–water partition coefficient (Wildman–Crippen LogP) is 1.26. The van der Waals surface area contributed by atoms with Crippen molar-refractivity contribution in [3.63, 3.8) is 0 Å². The number of rotatable bonds is 6. The first-order valence-electron chi connectivity index (χ1n) is 8.20. The number of imidazole rings is 1. The third-order valence-electron chi connectivity index (χ3n) is 4.70. The van der Waals surface area contributed by atoms with Gasteiger partial charge in [0.15, 0.2) is 0 Å². The van der Waals surface area contributed by atoms with Gasteiger partial charge < -0.3 is 15.2 Å². The molecule has 2 aliphatic rings. The first-order chi connectivity index (χ1) is 10.6. The molecule has 22 heavy (non-hydrogen) atoms. The summed E-state index contributed by atoms with van der Waals surface area (Å²) in [5.74, 6) is 2.08. The highest BCUT2D eigenvalue weighted by atomic mass is 16.2. The van der Waals surface area contributed by atoms with Crippen LogP contribution in [-0.4, -0.2) is 39.4 Å². The molecular formula is C16H24N4O2. The molecule has 6 nitrogen and oxygen atoms in total. The molecule has 0 aromatic carbocycles. The highest BCUT2D eigenvalue weighted by Gasteiger charge is 2.28. The van der Waals surface area contributed by atoms with Crippen LogP contribution in [0.5, 0.6) is 0 Å². The zero-order valence-electron chi connectivity index (χ0n) is 12.9. The third kappa shape index (κ3) is 3.67. The van der Waals surface area contributed by atoms with Gasteiger partial charge in [0, 0.05) is 50.8 Å². The minimum atomic E-state index is -0.412. The van der Waals surface area contributed by atoms with Crippen LogP contribution in [0.1, 0.15) is 50.3 Å². The molecule has 1 aromatic heterocycles. The Morgan fingerprint density at radius 1 is 1.18 bits per heavy atom. The molecule has 0 unspecified atom stereocenters. The van der Waals surface area contributed by atoms with Gasteiger partial charge in [0.05, 0.1) is 0 Å². The molecule has 0 radical (unpaired) electrons. The van der Waals surface area contributed by atoms with E-state index in [2.05, 4.69) is 15.7 Å². The SMILES string of the molecule is NC(=O)CCC(=O)N1CCC(c2nccn2CC2CC2)CC1. The Labute approximate surface area is 130 Å². The van der Waals surface area contributed by atoms with Crippen molar-refractivity contribution in [3.05, 3.63) is 18.2 Å². The smallest absolute Gasteiger partial charge is 0.223 e. The lowest BCUT2D eigenvalue weighted by atomic mass is 9.95. The Morgan fingerprint density at radius 3 is 2.55 bits per heavy atom. The molecule has 6 heteroatoms. The molecule has 2 N–H and O–H groups in total. The van der Waals surface area contributed by atoms with Gasteiger partial charge in [-0.15, -0.1) is 0 Å². The number of carbonyl (C=O) groups excluding carboxylic acids is 2. The van der Waals surface area contributed by atoms with Crippen molar-refractivity contribution in [3.8, 4) is 0 Å². The fourth-order valence-electron chi connectivity index (χ4n) is 3.19. The molecule has 1 saturated carbocycles. The molecule has 2 heterocycles. The van der Waals surface area contributed by atoms with E-state index in [0.717, 1.165) is 38.4 Å². The molecule has 1 aromatic rings. The molecular weight excluding hydrogens is 280 g/mol. The van der Waals surface area contributed by atoms with E-state index in [-0.39, 0.29) is 18.7 Å². The van der Waals surface area contributed by atoms with Crippen LogP contribution in [0.3, 0.4) is 0 Å². The summed E-state index contributed by atoms with van der Waals surface area (Å²) in [4.78, 5) is 29.2. The molecule has 1 saturated heterocycles. The van der Waals surface area contributed by atoms with Crippen molar-refractivity contribution in [2.75, 3.05) is 13.1 Å².